The first-order valence-corrected chi connectivity index (χ1v) is 14.4. The summed E-state index contributed by atoms with van der Waals surface area (Å²) in [4.78, 5) is 0. The molecule has 0 amide bonds. The molecule has 3 heteroatoms. The third kappa shape index (κ3) is 9.57. The van der Waals surface area contributed by atoms with Crippen molar-refractivity contribution in [2.75, 3.05) is 31.3 Å². The van der Waals surface area contributed by atoms with Gasteiger partial charge in [-0.2, -0.15) is 0 Å². The van der Waals surface area contributed by atoms with Gasteiger partial charge >= 0.3 is 142 Å². The fraction of sp³-hybridized carbons (Fsp3) is 1.00. The van der Waals surface area contributed by atoms with E-state index in [1.165, 1.54) is 82.4 Å². The molecule has 0 fully saturated rings. The van der Waals surface area contributed by atoms with Gasteiger partial charge in [-0.05, 0) is 0 Å². The standard InChI is InChI=1S/C18H40BrOP/c1-4-7-15-21(19,16-8-5-2,17-9-6-3)18-13-11-10-12-14-20/h20H,4-18H2,1-3H3. The number of halogens is 1. The van der Waals surface area contributed by atoms with Crippen molar-refractivity contribution in [2.45, 2.75) is 85.0 Å². The van der Waals surface area contributed by atoms with Crippen LogP contribution in [0, 0.1) is 0 Å². The maximum absolute atomic E-state index is 8.92. The minimum atomic E-state index is -1.65. The van der Waals surface area contributed by atoms with Crippen LogP contribution in [0.15, 0.2) is 0 Å². The van der Waals surface area contributed by atoms with Crippen LogP contribution in [0.4, 0.5) is 0 Å². The van der Waals surface area contributed by atoms with Crippen molar-refractivity contribution in [3.05, 3.63) is 0 Å². The molecule has 0 aromatic heterocycles. The predicted molar refractivity (Wildman–Crippen MR) is 106 cm³/mol. The second-order valence-corrected chi connectivity index (χ2v) is 18.4. The predicted octanol–water partition coefficient (Wildman–Crippen LogP) is 6.80. The Kier molecular flexibility index (Phi) is 12.8. The minimum absolute atomic E-state index is 0.361. The molecule has 0 heterocycles. The van der Waals surface area contributed by atoms with Gasteiger partial charge in [0.05, 0.1) is 0 Å². The average Bonchev–Trinajstić information content (AvgIpc) is 2.50. The van der Waals surface area contributed by atoms with Crippen molar-refractivity contribution >= 4 is 20.8 Å². The van der Waals surface area contributed by atoms with E-state index in [9.17, 15) is 0 Å². The molecule has 0 atom stereocenters. The molecule has 0 saturated carbocycles. The number of aliphatic hydroxyl groups is 1. The summed E-state index contributed by atoms with van der Waals surface area (Å²) in [5.41, 5.74) is 0. The van der Waals surface area contributed by atoms with E-state index < -0.39 is 5.31 Å². The van der Waals surface area contributed by atoms with Gasteiger partial charge in [-0.25, -0.2) is 0 Å². The summed E-state index contributed by atoms with van der Waals surface area (Å²) >= 11 is 4.45. The molecule has 0 aliphatic heterocycles. The van der Waals surface area contributed by atoms with Crippen LogP contribution in [-0.2, 0) is 0 Å². The van der Waals surface area contributed by atoms with Crippen LogP contribution in [0.1, 0.15) is 85.0 Å². The Labute approximate surface area is 142 Å². The second-order valence-electron chi connectivity index (χ2n) is 6.91. The summed E-state index contributed by atoms with van der Waals surface area (Å²) in [5, 5.41) is 7.27. The molecule has 0 saturated heterocycles. The van der Waals surface area contributed by atoms with Gasteiger partial charge in [0.15, 0.2) is 0 Å². The van der Waals surface area contributed by atoms with Crippen LogP contribution >= 0.6 is 20.8 Å². The third-order valence-corrected chi connectivity index (χ3v) is 14.8. The zero-order valence-corrected chi connectivity index (χ0v) is 17.4. The van der Waals surface area contributed by atoms with Crippen LogP contribution in [0.25, 0.3) is 0 Å². The molecular formula is C18H40BrOP. The average molecular weight is 383 g/mol. The molecule has 1 nitrogen and oxygen atoms in total. The van der Waals surface area contributed by atoms with Crippen LogP contribution in [0.3, 0.4) is 0 Å². The fourth-order valence-corrected chi connectivity index (χ4v) is 12.0. The summed E-state index contributed by atoms with van der Waals surface area (Å²) in [6.45, 7) is 7.35. The van der Waals surface area contributed by atoms with Crippen molar-refractivity contribution in [1.29, 1.82) is 0 Å². The number of rotatable bonds is 15. The Morgan fingerprint density at radius 2 is 1.00 bits per heavy atom. The van der Waals surface area contributed by atoms with E-state index in [0.717, 1.165) is 6.42 Å². The normalized spacial score (nSPS) is 14.0. The van der Waals surface area contributed by atoms with Gasteiger partial charge in [0.25, 0.3) is 0 Å². The van der Waals surface area contributed by atoms with Crippen LogP contribution in [0.2, 0.25) is 0 Å². The summed E-state index contributed by atoms with van der Waals surface area (Å²) < 4.78 is 0. The number of aliphatic hydroxyl groups excluding tert-OH is 1. The molecular weight excluding hydrogens is 343 g/mol. The van der Waals surface area contributed by atoms with Crippen molar-refractivity contribution in [1.82, 2.24) is 0 Å². The van der Waals surface area contributed by atoms with Crippen molar-refractivity contribution < 1.29 is 5.11 Å². The topological polar surface area (TPSA) is 20.2 Å². The van der Waals surface area contributed by atoms with Gasteiger partial charge < -0.3 is 0 Å². The summed E-state index contributed by atoms with van der Waals surface area (Å²) in [7, 11) is 0. The summed E-state index contributed by atoms with van der Waals surface area (Å²) in [6, 6.07) is 0. The maximum atomic E-state index is 8.92. The molecule has 0 bridgehead atoms. The van der Waals surface area contributed by atoms with Gasteiger partial charge in [-0.1, -0.05) is 0 Å². The molecule has 1 N–H and O–H groups in total. The molecule has 0 rings (SSSR count). The van der Waals surface area contributed by atoms with Gasteiger partial charge in [0.2, 0.25) is 0 Å². The number of unbranched alkanes of at least 4 members (excludes halogenated alkanes) is 6. The fourth-order valence-electron chi connectivity index (χ4n) is 3.30. The molecule has 21 heavy (non-hydrogen) atoms. The summed E-state index contributed by atoms with van der Waals surface area (Å²) in [6.07, 6.45) is 18.8. The first kappa shape index (κ1) is 21.9. The monoisotopic (exact) mass is 382 g/mol. The summed E-state index contributed by atoms with van der Waals surface area (Å²) in [5.74, 6) is 0. The number of hydrogen-bond donors (Lipinski definition) is 1. The van der Waals surface area contributed by atoms with Gasteiger partial charge in [0.1, 0.15) is 0 Å². The van der Waals surface area contributed by atoms with E-state index >= 15 is 0 Å². The van der Waals surface area contributed by atoms with E-state index in [4.69, 9.17) is 5.11 Å². The van der Waals surface area contributed by atoms with Crippen molar-refractivity contribution in [3.63, 3.8) is 0 Å². The van der Waals surface area contributed by atoms with Crippen LogP contribution < -0.4 is 0 Å². The quantitative estimate of drug-likeness (QED) is 0.243. The number of hydrogen-bond acceptors (Lipinski definition) is 1. The molecule has 0 aliphatic rings. The van der Waals surface area contributed by atoms with E-state index in [2.05, 4.69) is 36.3 Å². The molecule has 0 aliphatic carbocycles. The Balaban J connectivity index is 4.70. The van der Waals surface area contributed by atoms with Gasteiger partial charge in [-0.15, -0.1) is 0 Å². The first-order valence-electron chi connectivity index (χ1n) is 9.37. The Morgan fingerprint density at radius 3 is 1.38 bits per heavy atom. The molecule has 0 aromatic carbocycles. The van der Waals surface area contributed by atoms with E-state index in [1.54, 1.807) is 0 Å². The van der Waals surface area contributed by atoms with Crippen LogP contribution in [0.5, 0.6) is 0 Å². The molecule has 0 unspecified atom stereocenters. The Morgan fingerprint density at radius 1 is 0.619 bits per heavy atom. The van der Waals surface area contributed by atoms with Gasteiger partial charge in [-0.3, -0.25) is 0 Å². The zero-order valence-electron chi connectivity index (χ0n) is 14.9. The first-order chi connectivity index (χ1) is 10.0. The van der Waals surface area contributed by atoms with Gasteiger partial charge in [0, 0.05) is 0 Å². The van der Waals surface area contributed by atoms with E-state index in [0.29, 0.717) is 6.61 Å². The molecule has 130 valence electrons. The van der Waals surface area contributed by atoms with Crippen LogP contribution in [-0.4, -0.2) is 36.4 Å². The van der Waals surface area contributed by atoms with Crippen molar-refractivity contribution in [3.8, 4) is 0 Å². The van der Waals surface area contributed by atoms with Crippen molar-refractivity contribution in [2.24, 2.45) is 0 Å². The Hall–Kier alpha value is 0.870. The van der Waals surface area contributed by atoms with E-state index in [1.807, 2.05) is 0 Å². The molecule has 0 radical (unpaired) electrons. The molecule has 0 aromatic rings. The third-order valence-electron chi connectivity index (χ3n) is 4.84. The Bertz CT molecular complexity index is 221. The SMILES string of the molecule is CCCCP(Br)(CCCC)(CCCC)CCCCCCO. The van der Waals surface area contributed by atoms with E-state index in [-0.39, 0.29) is 0 Å². The molecule has 0 spiro atoms. The zero-order chi connectivity index (χ0) is 16.1. The second kappa shape index (κ2) is 12.3.